The highest BCUT2D eigenvalue weighted by Gasteiger charge is 2.46. The maximum absolute atomic E-state index is 13.4. The van der Waals surface area contributed by atoms with Crippen LogP contribution in [0.5, 0.6) is 0 Å². The fraction of sp³-hybridized carbons (Fsp3) is 0.500. The normalized spacial score (nSPS) is 28.4. The van der Waals surface area contributed by atoms with Gasteiger partial charge in [0.05, 0.1) is 30.4 Å². The molecule has 3 aliphatic rings. The van der Waals surface area contributed by atoms with E-state index in [1.165, 1.54) is 0 Å². The Balaban J connectivity index is 1.46. The van der Waals surface area contributed by atoms with Gasteiger partial charge in [0.25, 0.3) is 0 Å². The molecule has 5 atom stereocenters. The van der Waals surface area contributed by atoms with Crippen molar-refractivity contribution in [2.75, 3.05) is 6.54 Å². The van der Waals surface area contributed by atoms with E-state index in [4.69, 9.17) is 10.5 Å². The van der Waals surface area contributed by atoms with Gasteiger partial charge in [-0.2, -0.15) is 10.5 Å². The number of carbonyl (C=O) groups is 1. The Bertz CT molecular complexity index is 1120. The summed E-state index contributed by atoms with van der Waals surface area (Å²) in [6.07, 6.45) is 4.98. The Hall–Kier alpha value is -2.93. The monoisotopic (exact) mass is 428 g/mol. The number of rotatable bonds is 7. The molecular weight excluding hydrogens is 400 g/mol. The number of hydrogen-bond acceptors (Lipinski definition) is 5. The van der Waals surface area contributed by atoms with Gasteiger partial charge >= 0.3 is 0 Å². The van der Waals surface area contributed by atoms with Gasteiger partial charge in [-0.05, 0) is 75.3 Å². The van der Waals surface area contributed by atoms with Crippen LogP contribution in [0.3, 0.4) is 0 Å². The molecule has 1 aromatic carbocycles. The lowest BCUT2D eigenvalue weighted by atomic mass is 9.98. The largest absolute Gasteiger partial charge is 0.391 e. The number of nitriles is 2. The molecule has 1 saturated carbocycles. The van der Waals surface area contributed by atoms with Crippen molar-refractivity contribution < 1.29 is 9.90 Å². The molecule has 2 bridgehead atoms. The number of benzene rings is 1. The van der Waals surface area contributed by atoms with Crippen LogP contribution >= 0.6 is 0 Å². The number of ketones is 1. The Kier molecular flexibility index (Phi) is 5.37. The molecule has 164 valence electrons. The minimum atomic E-state index is -0.311. The molecule has 0 amide bonds. The molecular formula is C26H28N4O2. The van der Waals surface area contributed by atoms with Gasteiger partial charge in [0.2, 0.25) is 0 Å². The number of aromatic nitrogens is 1. The predicted molar refractivity (Wildman–Crippen MR) is 119 cm³/mol. The average Bonchev–Trinajstić information content (AvgIpc) is 3.22. The standard InChI is InChI=1S/C26H28N4O2/c1-16-21(26(32)15-29-20-8-9-23(29)25(31)12-20)13-24(22-11-18(22)3-2-10-27)30(16)19-6-4-17(14-28)5-7-19/h4-7,13,18,20,22-23,25,31H,2-3,8-9,11-12,15H2,1H3/t18-,20?,22-,23?,25-/m1/s1. The summed E-state index contributed by atoms with van der Waals surface area (Å²) in [6, 6.07) is 14.4. The van der Waals surface area contributed by atoms with E-state index in [1.807, 2.05) is 31.2 Å². The van der Waals surface area contributed by atoms with E-state index in [9.17, 15) is 9.90 Å². The van der Waals surface area contributed by atoms with Crippen LogP contribution in [0.2, 0.25) is 0 Å². The van der Waals surface area contributed by atoms with E-state index in [1.54, 1.807) is 0 Å². The molecule has 3 fully saturated rings. The van der Waals surface area contributed by atoms with Crippen molar-refractivity contribution in [3.63, 3.8) is 0 Å². The minimum Gasteiger partial charge on any atom is -0.391 e. The summed E-state index contributed by atoms with van der Waals surface area (Å²) in [5.41, 5.74) is 4.36. The molecule has 32 heavy (non-hydrogen) atoms. The van der Waals surface area contributed by atoms with E-state index < -0.39 is 0 Å². The van der Waals surface area contributed by atoms with Crippen molar-refractivity contribution in [1.82, 2.24) is 9.47 Å². The zero-order chi connectivity index (χ0) is 22.4. The first-order valence-corrected chi connectivity index (χ1v) is 11.6. The topological polar surface area (TPSA) is 93.1 Å². The second-order valence-electron chi connectivity index (χ2n) is 9.56. The summed E-state index contributed by atoms with van der Waals surface area (Å²) in [5.74, 6) is 0.939. The molecule has 2 aromatic rings. The van der Waals surface area contributed by atoms with Gasteiger partial charge in [0.1, 0.15) is 0 Å². The zero-order valence-electron chi connectivity index (χ0n) is 18.4. The van der Waals surface area contributed by atoms with E-state index in [-0.39, 0.29) is 17.9 Å². The van der Waals surface area contributed by atoms with Crippen molar-refractivity contribution in [2.45, 2.75) is 69.6 Å². The Morgan fingerprint density at radius 2 is 1.97 bits per heavy atom. The third-order valence-corrected chi connectivity index (χ3v) is 7.73. The Morgan fingerprint density at radius 1 is 1.19 bits per heavy atom. The lowest BCUT2D eigenvalue weighted by Gasteiger charge is -2.21. The highest BCUT2D eigenvalue weighted by Crippen LogP contribution is 2.51. The fourth-order valence-corrected chi connectivity index (χ4v) is 5.96. The second-order valence-corrected chi connectivity index (χ2v) is 9.56. The van der Waals surface area contributed by atoms with Crippen LogP contribution in [0.25, 0.3) is 5.69 Å². The third-order valence-electron chi connectivity index (χ3n) is 7.73. The summed E-state index contributed by atoms with van der Waals surface area (Å²) in [4.78, 5) is 15.6. The molecule has 1 N–H and O–H groups in total. The van der Waals surface area contributed by atoms with Gasteiger partial charge in [-0.25, -0.2) is 0 Å². The first-order valence-electron chi connectivity index (χ1n) is 11.6. The Morgan fingerprint density at radius 3 is 2.59 bits per heavy atom. The molecule has 3 heterocycles. The molecule has 2 saturated heterocycles. The molecule has 1 aromatic heterocycles. The molecule has 0 spiro atoms. The number of nitrogens with zero attached hydrogens (tertiary/aromatic N) is 4. The van der Waals surface area contributed by atoms with Crippen LogP contribution in [0.4, 0.5) is 0 Å². The molecule has 6 nitrogen and oxygen atoms in total. The smallest absolute Gasteiger partial charge is 0.178 e. The number of fused-ring (bicyclic) bond motifs is 2. The summed E-state index contributed by atoms with van der Waals surface area (Å²) in [7, 11) is 0. The minimum absolute atomic E-state index is 0.108. The van der Waals surface area contributed by atoms with Gasteiger partial charge in [-0.3, -0.25) is 9.69 Å². The van der Waals surface area contributed by atoms with Gasteiger partial charge < -0.3 is 9.67 Å². The maximum Gasteiger partial charge on any atom is 0.178 e. The van der Waals surface area contributed by atoms with Crippen LogP contribution in [0.1, 0.15) is 71.8 Å². The van der Waals surface area contributed by atoms with Gasteiger partial charge in [-0.1, -0.05) is 0 Å². The van der Waals surface area contributed by atoms with Gasteiger partial charge in [0.15, 0.2) is 5.78 Å². The number of aliphatic hydroxyl groups excluding tert-OH is 1. The van der Waals surface area contributed by atoms with E-state index in [0.29, 0.717) is 36.4 Å². The van der Waals surface area contributed by atoms with E-state index >= 15 is 0 Å². The fourth-order valence-electron chi connectivity index (χ4n) is 5.96. The van der Waals surface area contributed by atoms with Crippen molar-refractivity contribution in [1.29, 1.82) is 10.5 Å². The number of carbonyl (C=O) groups excluding carboxylic acids is 1. The summed E-state index contributed by atoms with van der Waals surface area (Å²) < 4.78 is 2.17. The molecule has 2 aliphatic heterocycles. The lowest BCUT2D eigenvalue weighted by Crippen LogP contribution is -2.36. The van der Waals surface area contributed by atoms with Crippen LogP contribution < -0.4 is 0 Å². The van der Waals surface area contributed by atoms with Crippen molar-refractivity contribution in [2.24, 2.45) is 5.92 Å². The van der Waals surface area contributed by atoms with Crippen LogP contribution in [-0.4, -0.2) is 45.1 Å². The van der Waals surface area contributed by atoms with Gasteiger partial charge in [-0.15, -0.1) is 0 Å². The summed E-state index contributed by atoms with van der Waals surface area (Å²) in [6.45, 7) is 2.35. The quantitative estimate of drug-likeness (QED) is 0.676. The second kappa shape index (κ2) is 8.20. The molecule has 0 radical (unpaired) electrons. The maximum atomic E-state index is 13.4. The number of hydrogen-bond donors (Lipinski definition) is 1. The molecule has 6 heteroatoms. The summed E-state index contributed by atoms with van der Waals surface area (Å²) >= 11 is 0. The lowest BCUT2D eigenvalue weighted by molar-refractivity contribution is 0.0873. The van der Waals surface area contributed by atoms with Gasteiger partial charge in [0, 0.05) is 47.1 Å². The molecule has 2 unspecified atom stereocenters. The van der Waals surface area contributed by atoms with Crippen LogP contribution in [-0.2, 0) is 0 Å². The first kappa shape index (κ1) is 20.9. The van der Waals surface area contributed by atoms with E-state index in [0.717, 1.165) is 54.7 Å². The third kappa shape index (κ3) is 3.54. The van der Waals surface area contributed by atoms with Crippen LogP contribution in [0.15, 0.2) is 30.3 Å². The highest BCUT2D eigenvalue weighted by molar-refractivity contribution is 5.99. The SMILES string of the molecule is Cc1c(C(=O)CN2C3CCC2[C@H](O)C3)cc([C@@H]2C[C@H]2CCC#N)n1-c1ccc(C#N)cc1. The number of aliphatic hydroxyl groups is 1. The zero-order valence-corrected chi connectivity index (χ0v) is 18.4. The average molecular weight is 429 g/mol. The van der Waals surface area contributed by atoms with E-state index in [2.05, 4.69) is 27.7 Å². The molecule has 1 aliphatic carbocycles. The first-order chi connectivity index (χ1) is 15.5. The van der Waals surface area contributed by atoms with Crippen molar-refractivity contribution in [3.8, 4) is 17.8 Å². The highest BCUT2D eigenvalue weighted by atomic mass is 16.3. The van der Waals surface area contributed by atoms with Crippen LogP contribution in [0, 0.1) is 35.5 Å². The summed E-state index contributed by atoms with van der Waals surface area (Å²) in [5, 5.41) is 28.4. The predicted octanol–water partition coefficient (Wildman–Crippen LogP) is 3.84. The van der Waals surface area contributed by atoms with Crippen molar-refractivity contribution >= 4 is 5.78 Å². The Labute approximate surface area is 188 Å². The van der Waals surface area contributed by atoms with Crippen molar-refractivity contribution in [3.05, 3.63) is 52.8 Å². The molecule has 5 rings (SSSR count). The number of Topliss-reactive ketones (excluding diaryl/α,β-unsaturated/α-hetero) is 1.